The summed E-state index contributed by atoms with van der Waals surface area (Å²) >= 11 is 0. The van der Waals surface area contributed by atoms with E-state index in [2.05, 4.69) is 5.32 Å². The van der Waals surface area contributed by atoms with Crippen LogP contribution in [0.2, 0.25) is 0 Å². The highest BCUT2D eigenvalue weighted by molar-refractivity contribution is 5.37. The van der Waals surface area contributed by atoms with Crippen LogP contribution in [0, 0.1) is 11.6 Å². The predicted octanol–water partition coefficient (Wildman–Crippen LogP) is 3.27. The van der Waals surface area contributed by atoms with Crippen LogP contribution in [0.4, 0.5) is 8.78 Å². The smallest absolute Gasteiger partial charge is 0.130 e. The van der Waals surface area contributed by atoms with Crippen LogP contribution in [0.15, 0.2) is 42.5 Å². The number of nitrogens with one attached hydrogen (secondary N) is 1. The Hall–Kier alpha value is -1.78. The van der Waals surface area contributed by atoms with Gasteiger partial charge >= 0.3 is 0 Å². The summed E-state index contributed by atoms with van der Waals surface area (Å²) in [5.74, 6) is -1.16. The van der Waals surface area contributed by atoms with Crippen molar-refractivity contribution in [2.45, 2.75) is 31.5 Å². The molecule has 1 aliphatic rings. The largest absolute Gasteiger partial charge is 0.391 e. The molecule has 0 bridgehead atoms. The molecule has 0 saturated heterocycles. The summed E-state index contributed by atoms with van der Waals surface area (Å²) in [6.07, 6.45) is 0.0558. The molecule has 110 valence electrons. The Bertz CT molecular complexity index is 659. The van der Waals surface area contributed by atoms with Crippen LogP contribution in [0.3, 0.4) is 0 Å². The molecular weight excluding hydrogens is 272 g/mol. The van der Waals surface area contributed by atoms with Crippen molar-refractivity contribution in [3.05, 3.63) is 70.8 Å². The second kappa shape index (κ2) is 5.54. The molecule has 0 saturated carbocycles. The van der Waals surface area contributed by atoms with Gasteiger partial charge in [0.15, 0.2) is 0 Å². The Labute approximate surface area is 122 Å². The molecule has 21 heavy (non-hydrogen) atoms. The molecule has 2 nitrogen and oxygen atoms in total. The summed E-state index contributed by atoms with van der Waals surface area (Å²) in [5.41, 5.74) is 2.54. The maximum atomic E-state index is 13.8. The van der Waals surface area contributed by atoms with Crippen molar-refractivity contribution in [1.82, 2.24) is 5.32 Å². The van der Waals surface area contributed by atoms with Crippen molar-refractivity contribution >= 4 is 0 Å². The molecule has 2 aromatic carbocycles. The fourth-order valence-corrected chi connectivity index (χ4v) is 2.99. The highest BCUT2D eigenvalue weighted by atomic mass is 19.1. The number of benzene rings is 2. The van der Waals surface area contributed by atoms with Gasteiger partial charge in [0, 0.05) is 24.1 Å². The van der Waals surface area contributed by atoms with E-state index in [4.69, 9.17) is 0 Å². The fourth-order valence-electron chi connectivity index (χ4n) is 2.99. The highest BCUT2D eigenvalue weighted by Crippen LogP contribution is 2.33. The van der Waals surface area contributed by atoms with Gasteiger partial charge in [0.25, 0.3) is 0 Å². The Balaban J connectivity index is 1.83. The van der Waals surface area contributed by atoms with Crippen LogP contribution in [0.1, 0.15) is 35.7 Å². The first-order chi connectivity index (χ1) is 10.1. The highest BCUT2D eigenvalue weighted by Gasteiger charge is 2.31. The van der Waals surface area contributed by atoms with Crippen molar-refractivity contribution < 1.29 is 13.9 Å². The molecule has 0 amide bonds. The first-order valence-electron chi connectivity index (χ1n) is 7.03. The van der Waals surface area contributed by atoms with Crippen LogP contribution in [-0.4, -0.2) is 11.2 Å². The van der Waals surface area contributed by atoms with E-state index in [-0.39, 0.29) is 12.1 Å². The molecule has 3 rings (SSSR count). The minimum Gasteiger partial charge on any atom is -0.391 e. The lowest BCUT2D eigenvalue weighted by atomic mass is 10.0. The lowest BCUT2D eigenvalue weighted by Crippen LogP contribution is -2.31. The molecular formula is C17H17F2NO. The van der Waals surface area contributed by atoms with Gasteiger partial charge in [-0.2, -0.15) is 0 Å². The van der Waals surface area contributed by atoms with Crippen LogP contribution < -0.4 is 5.32 Å². The van der Waals surface area contributed by atoms with Crippen molar-refractivity contribution in [1.29, 1.82) is 0 Å². The average molecular weight is 289 g/mol. The van der Waals surface area contributed by atoms with Crippen LogP contribution in [0.5, 0.6) is 0 Å². The number of aliphatic hydroxyl groups excluding tert-OH is 1. The maximum Gasteiger partial charge on any atom is 0.130 e. The van der Waals surface area contributed by atoms with Gasteiger partial charge in [-0.3, -0.25) is 0 Å². The van der Waals surface area contributed by atoms with Crippen LogP contribution >= 0.6 is 0 Å². The van der Waals surface area contributed by atoms with Crippen LogP contribution in [-0.2, 0) is 6.42 Å². The molecule has 0 fully saturated rings. The first kappa shape index (κ1) is 14.2. The van der Waals surface area contributed by atoms with Gasteiger partial charge in [0.05, 0.1) is 12.1 Å². The van der Waals surface area contributed by atoms with Gasteiger partial charge in [-0.15, -0.1) is 0 Å². The Morgan fingerprint density at radius 3 is 2.71 bits per heavy atom. The molecule has 0 aliphatic heterocycles. The number of hydrogen-bond acceptors (Lipinski definition) is 2. The molecule has 1 aliphatic carbocycles. The van der Waals surface area contributed by atoms with E-state index in [1.165, 1.54) is 12.1 Å². The third-order valence-corrected chi connectivity index (χ3v) is 4.06. The van der Waals surface area contributed by atoms with Gasteiger partial charge in [0.1, 0.15) is 11.6 Å². The van der Waals surface area contributed by atoms with E-state index in [9.17, 15) is 13.9 Å². The number of fused-ring (bicyclic) bond motifs is 1. The first-order valence-corrected chi connectivity index (χ1v) is 7.03. The molecule has 2 N–H and O–H groups in total. The fraction of sp³-hybridized carbons (Fsp3) is 0.294. The van der Waals surface area contributed by atoms with Crippen molar-refractivity contribution in [2.75, 3.05) is 0 Å². The minimum absolute atomic E-state index is 0.236. The van der Waals surface area contributed by atoms with E-state index in [1.807, 2.05) is 31.2 Å². The Morgan fingerprint density at radius 1 is 1.19 bits per heavy atom. The average Bonchev–Trinajstić information content (AvgIpc) is 2.75. The van der Waals surface area contributed by atoms with E-state index < -0.39 is 17.7 Å². The summed E-state index contributed by atoms with van der Waals surface area (Å²) < 4.78 is 26.8. The molecule has 3 unspecified atom stereocenters. The van der Waals surface area contributed by atoms with Gasteiger partial charge in [-0.25, -0.2) is 8.78 Å². The van der Waals surface area contributed by atoms with E-state index >= 15 is 0 Å². The summed E-state index contributed by atoms with van der Waals surface area (Å²) in [6, 6.07) is 10.8. The third-order valence-electron chi connectivity index (χ3n) is 4.06. The van der Waals surface area contributed by atoms with Crippen molar-refractivity contribution in [2.24, 2.45) is 0 Å². The van der Waals surface area contributed by atoms with E-state index in [1.54, 1.807) is 0 Å². The van der Waals surface area contributed by atoms with E-state index in [0.717, 1.165) is 17.2 Å². The quantitative estimate of drug-likeness (QED) is 0.909. The molecule has 4 heteroatoms. The molecule has 0 aromatic heterocycles. The standard InChI is InChI=1S/C17H17F2NO/c1-10(13-7-6-12(18)9-15(13)19)20-17-14-5-3-2-4-11(14)8-16(17)21/h2-7,9-10,16-17,20-21H,8H2,1H3. The predicted molar refractivity (Wildman–Crippen MR) is 76.8 cm³/mol. The number of halogens is 2. The number of rotatable bonds is 3. The maximum absolute atomic E-state index is 13.8. The second-order valence-corrected chi connectivity index (χ2v) is 5.50. The van der Waals surface area contributed by atoms with Gasteiger partial charge in [-0.05, 0) is 24.1 Å². The summed E-state index contributed by atoms with van der Waals surface area (Å²) in [4.78, 5) is 0. The van der Waals surface area contributed by atoms with Gasteiger partial charge in [0.2, 0.25) is 0 Å². The van der Waals surface area contributed by atoms with Crippen molar-refractivity contribution in [3.8, 4) is 0 Å². The van der Waals surface area contributed by atoms with Crippen molar-refractivity contribution in [3.63, 3.8) is 0 Å². The van der Waals surface area contributed by atoms with Gasteiger partial charge in [-0.1, -0.05) is 30.3 Å². The lowest BCUT2D eigenvalue weighted by molar-refractivity contribution is 0.135. The molecule has 0 heterocycles. The molecule has 0 radical (unpaired) electrons. The second-order valence-electron chi connectivity index (χ2n) is 5.50. The van der Waals surface area contributed by atoms with Crippen LogP contribution in [0.25, 0.3) is 0 Å². The molecule has 2 aromatic rings. The minimum atomic E-state index is -0.588. The number of hydrogen-bond donors (Lipinski definition) is 2. The molecule has 0 spiro atoms. The zero-order valence-electron chi connectivity index (χ0n) is 11.7. The zero-order valence-corrected chi connectivity index (χ0v) is 11.7. The lowest BCUT2D eigenvalue weighted by Gasteiger charge is -2.23. The Morgan fingerprint density at radius 2 is 1.95 bits per heavy atom. The molecule has 3 atom stereocenters. The number of aliphatic hydroxyl groups is 1. The third kappa shape index (κ3) is 2.69. The summed E-state index contributed by atoms with van der Waals surface area (Å²) in [6.45, 7) is 1.81. The summed E-state index contributed by atoms with van der Waals surface area (Å²) in [5, 5.41) is 13.5. The van der Waals surface area contributed by atoms with Gasteiger partial charge < -0.3 is 10.4 Å². The SMILES string of the molecule is CC(NC1c2ccccc2CC1O)c1ccc(F)cc1F. The monoisotopic (exact) mass is 289 g/mol. The normalized spacial score (nSPS) is 22.1. The summed E-state index contributed by atoms with van der Waals surface area (Å²) in [7, 11) is 0. The van der Waals surface area contributed by atoms with E-state index in [0.29, 0.717) is 12.0 Å². The topological polar surface area (TPSA) is 32.3 Å². The zero-order chi connectivity index (χ0) is 15.0. The Kier molecular flexibility index (Phi) is 3.74.